The van der Waals surface area contributed by atoms with Crippen LogP contribution in [0.15, 0.2) is 0 Å². The van der Waals surface area contributed by atoms with Gasteiger partial charge in [0.2, 0.25) is 0 Å². The molecule has 0 radical (unpaired) electrons. The van der Waals surface area contributed by atoms with Crippen LogP contribution in [0.4, 0.5) is 0 Å². The minimum absolute atomic E-state index is 0.0827. The zero-order valence-corrected chi connectivity index (χ0v) is 6.40. The van der Waals surface area contributed by atoms with Crippen molar-refractivity contribution in [2.24, 2.45) is 0 Å². The van der Waals surface area contributed by atoms with E-state index < -0.39 is 0 Å². The Balaban J connectivity index is 2.38. The largest absolute Gasteiger partial charge is 0.357 e. The lowest BCUT2D eigenvalue weighted by Crippen LogP contribution is -2.33. The van der Waals surface area contributed by atoms with Gasteiger partial charge in [-0.15, -0.1) is 0 Å². The van der Waals surface area contributed by atoms with Gasteiger partial charge in [0.1, 0.15) is 5.72 Å². The minimum atomic E-state index is -0.0827. The van der Waals surface area contributed by atoms with Crippen LogP contribution < -0.4 is 5.32 Å². The molecule has 0 aromatic rings. The standard InChI is InChI=1S/C7H15NO/c1-4-6-5-8-7(2,3)9-6/h6,8H,4-5H2,1-3H3. The Bertz CT molecular complexity index is 101. The summed E-state index contributed by atoms with van der Waals surface area (Å²) in [5, 5.41) is 3.27. The van der Waals surface area contributed by atoms with Crippen molar-refractivity contribution in [1.82, 2.24) is 5.32 Å². The number of ether oxygens (including phenoxy) is 1. The van der Waals surface area contributed by atoms with Crippen molar-refractivity contribution in [3.8, 4) is 0 Å². The van der Waals surface area contributed by atoms with Gasteiger partial charge in [0.15, 0.2) is 0 Å². The Kier molecular flexibility index (Phi) is 1.78. The van der Waals surface area contributed by atoms with Crippen molar-refractivity contribution in [1.29, 1.82) is 0 Å². The Morgan fingerprint density at radius 2 is 2.33 bits per heavy atom. The monoisotopic (exact) mass is 129 g/mol. The predicted molar refractivity (Wildman–Crippen MR) is 37.2 cm³/mol. The first kappa shape index (κ1) is 7.03. The Hall–Kier alpha value is -0.0800. The molecule has 1 aliphatic rings. The van der Waals surface area contributed by atoms with Gasteiger partial charge in [0.05, 0.1) is 6.10 Å². The average molecular weight is 129 g/mol. The molecule has 0 aliphatic carbocycles. The summed E-state index contributed by atoms with van der Waals surface area (Å²) in [5.74, 6) is 0. The van der Waals surface area contributed by atoms with Crippen LogP contribution in [-0.2, 0) is 4.74 Å². The Labute approximate surface area is 56.6 Å². The van der Waals surface area contributed by atoms with Crippen LogP contribution in [0.3, 0.4) is 0 Å². The van der Waals surface area contributed by atoms with E-state index >= 15 is 0 Å². The number of hydrogen-bond acceptors (Lipinski definition) is 2. The first-order chi connectivity index (χ1) is 4.14. The van der Waals surface area contributed by atoms with Crippen molar-refractivity contribution >= 4 is 0 Å². The highest BCUT2D eigenvalue weighted by molar-refractivity contribution is 4.78. The highest BCUT2D eigenvalue weighted by Crippen LogP contribution is 2.16. The number of rotatable bonds is 1. The van der Waals surface area contributed by atoms with E-state index in [-0.39, 0.29) is 5.72 Å². The number of hydrogen-bond donors (Lipinski definition) is 1. The van der Waals surface area contributed by atoms with Crippen molar-refractivity contribution in [2.75, 3.05) is 6.54 Å². The van der Waals surface area contributed by atoms with Gasteiger partial charge in [-0.3, -0.25) is 5.32 Å². The fraction of sp³-hybridized carbons (Fsp3) is 1.00. The summed E-state index contributed by atoms with van der Waals surface area (Å²) in [5.41, 5.74) is -0.0827. The topological polar surface area (TPSA) is 21.3 Å². The lowest BCUT2D eigenvalue weighted by atomic mass is 10.3. The van der Waals surface area contributed by atoms with Crippen LogP contribution >= 0.6 is 0 Å². The molecule has 1 aliphatic heterocycles. The molecule has 1 atom stereocenters. The van der Waals surface area contributed by atoms with Crippen LogP contribution in [0.5, 0.6) is 0 Å². The molecule has 0 bridgehead atoms. The summed E-state index contributed by atoms with van der Waals surface area (Å²) in [7, 11) is 0. The van der Waals surface area contributed by atoms with Crippen LogP contribution in [0.25, 0.3) is 0 Å². The van der Waals surface area contributed by atoms with E-state index in [2.05, 4.69) is 26.1 Å². The van der Waals surface area contributed by atoms with E-state index in [4.69, 9.17) is 4.74 Å². The summed E-state index contributed by atoms with van der Waals surface area (Å²) < 4.78 is 5.59. The van der Waals surface area contributed by atoms with Gasteiger partial charge < -0.3 is 4.74 Å². The van der Waals surface area contributed by atoms with E-state index in [1.807, 2.05) is 0 Å². The van der Waals surface area contributed by atoms with Crippen LogP contribution in [0, 0.1) is 0 Å². The maximum atomic E-state index is 5.59. The molecule has 9 heavy (non-hydrogen) atoms. The molecular weight excluding hydrogens is 114 g/mol. The highest BCUT2D eigenvalue weighted by Gasteiger charge is 2.29. The molecule has 1 fully saturated rings. The lowest BCUT2D eigenvalue weighted by molar-refractivity contribution is -0.0238. The summed E-state index contributed by atoms with van der Waals surface area (Å²) in [6.45, 7) is 7.27. The zero-order valence-electron chi connectivity index (χ0n) is 6.40. The maximum Gasteiger partial charge on any atom is 0.114 e. The second-order valence-corrected chi connectivity index (χ2v) is 3.04. The predicted octanol–water partition coefficient (Wildman–Crippen LogP) is 1.12. The van der Waals surface area contributed by atoms with Crippen LogP contribution in [-0.4, -0.2) is 18.4 Å². The molecule has 0 saturated carbocycles. The molecule has 54 valence electrons. The van der Waals surface area contributed by atoms with Crippen LogP contribution in [0.1, 0.15) is 27.2 Å². The van der Waals surface area contributed by atoms with Crippen molar-refractivity contribution < 1.29 is 4.74 Å². The first-order valence-corrected chi connectivity index (χ1v) is 3.57. The van der Waals surface area contributed by atoms with E-state index in [1.54, 1.807) is 0 Å². The Morgan fingerprint density at radius 1 is 1.67 bits per heavy atom. The average Bonchev–Trinajstić information content (AvgIpc) is 2.10. The molecule has 0 aromatic carbocycles. The quantitative estimate of drug-likeness (QED) is 0.573. The number of nitrogens with one attached hydrogen (secondary N) is 1. The van der Waals surface area contributed by atoms with Crippen LogP contribution in [0.2, 0.25) is 0 Å². The highest BCUT2D eigenvalue weighted by atomic mass is 16.5. The van der Waals surface area contributed by atoms with E-state index in [0.29, 0.717) is 6.10 Å². The van der Waals surface area contributed by atoms with E-state index in [9.17, 15) is 0 Å². The van der Waals surface area contributed by atoms with Gasteiger partial charge in [-0.2, -0.15) is 0 Å². The van der Waals surface area contributed by atoms with Crippen molar-refractivity contribution in [3.63, 3.8) is 0 Å². The van der Waals surface area contributed by atoms with Crippen molar-refractivity contribution in [2.45, 2.75) is 39.0 Å². The fourth-order valence-electron chi connectivity index (χ4n) is 1.09. The molecule has 1 saturated heterocycles. The minimum Gasteiger partial charge on any atom is -0.357 e. The third kappa shape index (κ3) is 1.66. The molecule has 0 amide bonds. The SMILES string of the molecule is CCC1CNC(C)(C)O1. The maximum absolute atomic E-state index is 5.59. The smallest absolute Gasteiger partial charge is 0.114 e. The molecule has 0 spiro atoms. The first-order valence-electron chi connectivity index (χ1n) is 3.57. The van der Waals surface area contributed by atoms with Crippen molar-refractivity contribution in [3.05, 3.63) is 0 Å². The van der Waals surface area contributed by atoms with E-state index in [0.717, 1.165) is 13.0 Å². The lowest BCUT2D eigenvalue weighted by Gasteiger charge is -2.17. The van der Waals surface area contributed by atoms with Gasteiger partial charge in [-0.05, 0) is 20.3 Å². The summed E-state index contributed by atoms with van der Waals surface area (Å²) in [6.07, 6.45) is 1.54. The van der Waals surface area contributed by atoms with Gasteiger partial charge in [-0.25, -0.2) is 0 Å². The van der Waals surface area contributed by atoms with Gasteiger partial charge in [0.25, 0.3) is 0 Å². The molecule has 2 nitrogen and oxygen atoms in total. The third-order valence-corrected chi connectivity index (χ3v) is 1.67. The molecular formula is C7H15NO. The summed E-state index contributed by atoms with van der Waals surface area (Å²) in [6, 6.07) is 0. The molecule has 1 rings (SSSR count). The van der Waals surface area contributed by atoms with Gasteiger partial charge >= 0.3 is 0 Å². The summed E-state index contributed by atoms with van der Waals surface area (Å²) in [4.78, 5) is 0. The molecule has 2 heteroatoms. The van der Waals surface area contributed by atoms with Gasteiger partial charge in [0, 0.05) is 6.54 Å². The molecule has 0 aromatic heterocycles. The second kappa shape index (κ2) is 2.27. The molecule has 1 N–H and O–H groups in total. The second-order valence-electron chi connectivity index (χ2n) is 3.04. The summed E-state index contributed by atoms with van der Waals surface area (Å²) >= 11 is 0. The van der Waals surface area contributed by atoms with E-state index in [1.165, 1.54) is 0 Å². The molecule has 1 heterocycles. The van der Waals surface area contributed by atoms with Gasteiger partial charge in [-0.1, -0.05) is 6.92 Å². The fourth-order valence-corrected chi connectivity index (χ4v) is 1.09. The zero-order chi connectivity index (χ0) is 6.91. The Morgan fingerprint density at radius 3 is 2.56 bits per heavy atom. The third-order valence-electron chi connectivity index (χ3n) is 1.67. The normalized spacial score (nSPS) is 33.0. The molecule has 1 unspecified atom stereocenters.